The van der Waals surface area contributed by atoms with Gasteiger partial charge in [0.25, 0.3) is 0 Å². The molecular formula is C19H29N5O2S. The first-order valence-electron chi connectivity index (χ1n) is 9.12. The van der Waals surface area contributed by atoms with Crippen LogP contribution >= 0.6 is 12.6 Å². The molecule has 1 saturated heterocycles. The molecule has 0 radical (unpaired) electrons. The Balaban J connectivity index is 2.12. The lowest BCUT2D eigenvalue weighted by Gasteiger charge is -2.36. The number of carbonyl (C=O) groups is 1. The zero-order valence-corrected chi connectivity index (χ0v) is 17.9. The molecule has 27 heavy (non-hydrogen) atoms. The highest BCUT2D eigenvalue weighted by Crippen LogP contribution is 2.36. The molecule has 0 N–H and O–H groups in total. The van der Waals surface area contributed by atoms with E-state index in [1.807, 2.05) is 34.6 Å². The molecule has 2 rings (SSSR count). The molecule has 0 aromatic heterocycles. The average molecular weight is 392 g/mol. The van der Waals surface area contributed by atoms with Crippen LogP contribution in [-0.4, -0.2) is 47.7 Å². The molecule has 1 aromatic rings. The van der Waals surface area contributed by atoms with Crippen molar-refractivity contribution in [2.75, 3.05) is 26.2 Å². The fraction of sp³-hybridized carbons (Fsp3) is 0.632. The number of carbonyl (C=O) groups excluding carboxylic acids is 1. The minimum Gasteiger partial charge on any atom is -0.444 e. The smallest absolute Gasteiger partial charge is 0.410 e. The molecule has 0 spiro atoms. The molecule has 0 bridgehead atoms. The van der Waals surface area contributed by atoms with Crippen molar-refractivity contribution in [3.05, 3.63) is 32.7 Å². The maximum atomic E-state index is 12.2. The van der Waals surface area contributed by atoms with Crippen molar-refractivity contribution in [2.24, 2.45) is 5.11 Å². The average Bonchev–Trinajstić information content (AvgIpc) is 2.60. The molecule has 1 aliphatic heterocycles. The van der Waals surface area contributed by atoms with Gasteiger partial charge in [-0.2, -0.15) is 0 Å². The molecule has 1 aromatic carbocycles. The van der Waals surface area contributed by atoms with Crippen LogP contribution in [0.1, 0.15) is 43.0 Å². The fourth-order valence-corrected chi connectivity index (χ4v) is 3.55. The number of piperazine rings is 1. The topological polar surface area (TPSA) is 81.5 Å². The van der Waals surface area contributed by atoms with Crippen molar-refractivity contribution in [2.45, 2.75) is 58.6 Å². The molecule has 148 valence electrons. The number of hydrogen-bond donors (Lipinski definition) is 1. The Bertz CT molecular complexity index is 774. The standard InChI is InChI=1S/C19H29N5O2S/c1-12-15(13(2)17(27)14(3)16(12)21-22-20)11-23-7-9-24(10-8-23)18(25)26-19(4,5)6/h27H,7-11H2,1-6H3. The Hall–Kier alpha value is -1.89. The molecule has 0 aliphatic carbocycles. The van der Waals surface area contributed by atoms with Gasteiger partial charge in [0.15, 0.2) is 0 Å². The highest BCUT2D eigenvalue weighted by atomic mass is 32.1. The van der Waals surface area contributed by atoms with Crippen LogP contribution in [0.4, 0.5) is 10.5 Å². The molecule has 0 saturated carbocycles. The Morgan fingerprint density at radius 2 is 1.74 bits per heavy atom. The predicted molar refractivity (Wildman–Crippen MR) is 110 cm³/mol. The third kappa shape index (κ3) is 5.09. The van der Waals surface area contributed by atoms with Crippen molar-refractivity contribution in [1.29, 1.82) is 0 Å². The molecule has 1 fully saturated rings. The minimum absolute atomic E-state index is 0.256. The normalized spacial score (nSPS) is 15.4. The summed E-state index contributed by atoms with van der Waals surface area (Å²) in [5, 5.41) is 3.87. The number of hydrogen-bond acceptors (Lipinski definition) is 5. The van der Waals surface area contributed by atoms with E-state index in [4.69, 9.17) is 10.3 Å². The van der Waals surface area contributed by atoms with Gasteiger partial charge in [-0.3, -0.25) is 4.90 Å². The van der Waals surface area contributed by atoms with Gasteiger partial charge in [0.05, 0.1) is 0 Å². The molecule has 0 unspecified atom stereocenters. The van der Waals surface area contributed by atoms with Crippen molar-refractivity contribution >= 4 is 24.4 Å². The van der Waals surface area contributed by atoms with E-state index in [1.165, 1.54) is 0 Å². The minimum atomic E-state index is -0.481. The Labute approximate surface area is 166 Å². The lowest BCUT2D eigenvalue weighted by molar-refractivity contribution is 0.0138. The van der Waals surface area contributed by atoms with Crippen LogP contribution in [0.5, 0.6) is 0 Å². The summed E-state index contributed by atoms with van der Waals surface area (Å²) >= 11 is 4.62. The van der Waals surface area contributed by atoms with Gasteiger partial charge in [-0.25, -0.2) is 4.79 Å². The van der Waals surface area contributed by atoms with Crippen molar-refractivity contribution < 1.29 is 9.53 Å². The zero-order valence-electron chi connectivity index (χ0n) is 17.0. The van der Waals surface area contributed by atoms with E-state index in [-0.39, 0.29) is 6.09 Å². The third-order valence-corrected chi connectivity index (χ3v) is 5.55. The first-order chi connectivity index (χ1) is 12.5. The number of amides is 1. The van der Waals surface area contributed by atoms with Gasteiger partial charge in [-0.1, -0.05) is 5.11 Å². The first-order valence-corrected chi connectivity index (χ1v) is 9.57. The number of nitrogens with zero attached hydrogens (tertiary/aromatic N) is 5. The van der Waals surface area contributed by atoms with Gasteiger partial charge in [-0.15, -0.1) is 12.6 Å². The van der Waals surface area contributed by atoms with Crippen LogP contribution in [0.25, 0.3) is 10.4 Å². The van der Waals surface area contributed by atoms with Crippen LogP contribution < -0.4 is 0 Å². The maximum absolute atomic E-state index is 12.2. The largest absolute Gasteiger partial charge is 0.444 e. The highest BCUT2D eigenvalue weighted by molar-refractivity contribution is 7.80. The lowest BCUT2D eigenvalue weighted by atomic mass is 9.96. The predicted octanol–water partition coefficient (Wildman–Crippen LogP) is 4.90. The number of ether oxygens (including phenoxy) is 1. The van der Waals surface area contributed by atoms with Crippen molar-refractivity contribution in [3.63, 3.8) is 0 Å². The summed E-state index contributed by atoms with van der Waals surface area (Å²) in [6, 6.07) is 0. The van der Waals surface area contributed by atoms with Crippen molar-refractivity contribution in [1.82, 2.24) is 9.80 Å². The van der Waals surface area contributed by atoms with Crippen LogP contribution in [0.15, 0.2) is 10.0 Å². The van der Waals surface area contributed by atoms with E-state index in [2.05, 4.69) is 34.5 Å². The van der Waals surface area contributed by atoms with Crippen molar-refractivity contribution in [3.8, 4) is 0 Å². The Morgan fingerprint density at radius 1 is 1.15 bits per heavy atom. The maximum Gasteiger partial charge on any atom is 0.410 e. The first kappa shape index (κ1) is 21.4. The Kier molecular flexibility index (Phi) is 6.68. The van der Waals surface area contributed by atoms with Gasteiger partial charge in [0.2, 0.25) is 0 Å². The van der Waals surface area contributed by atoms with Gasteiger partial charge in [-0.05, 0) is 69.3 Å². The van der Waals surface area contributed by atoms with E-state index in [0.29, 0.717) is 18.8 Å². The SMILES string of the molecule is Cc1c(S)c(C)c(N=[N+]=[N-])c(C)c1CN1CCN(C(=O)OC(C)(C)C)CC1. The van der Waals surface area contributed by atoms with E-state index in [1.54, 1.807) is 4.90 Å². The van der Waals surface area contributed by atoms with Gasteiger partial charge in [0, 0.05) is 48.2 Å². The summed E-state index contributed by atoms with van der Waals surface area (Å²) in [5.41, 5.74) is 13.2. The molecular weight excluding hydrogens is 362 g/mol. The fourth-order valence-electron chi connectivity index (χ4n) is 3.31. The summed E-state index contributed by atoms with van der Waals surface area (Å²) in [7, 11) is 0. The molecule has 8 heteroatoms. The summed E-state index contributed by atoms with van der Waals surface area (Å²) < 4.78 is 5.45. The molecule has 1 amide bonds. The quantitative estimate of drug-likeness (QED) is 0.344. The third-order valence-electron chi connectivity index (χ3n) is 4.88. The number of rotatable bonds is 3. The Morgan fingerprint density at radius 3 is 2.26 bits per heavy atom. The van der Waals surface area contributed by atoms with Crippen LogP contribution in [0.3, 0.4) is 0 Å². The summed E-state index contributed by atoms with van der Waals surface area (Å²) in [5.74, 6) is 0. The lowest BCUT2D eigenvalue weighted by Crippen LogP contribution is -2.49. The molecule has 1 aliphatic rings. The summed E-state index contributed by atoms with van der Waals surface area (Å²) in [6.07, 6.45) is -0.256. The summed E-state index contributed by atoms with van der Waals surface area (Å²) in [4.78, 5) is 20.1. The number of azide groups is 1. The second kappa shape index (κ2) is 8.42. The van der Waals surface area contributed by atoms with Gasteiger partial charge < -0.3 is 9.64 Å². The molecule has 1 heterocycles. The summed E-state index contributed by atoms with van der Waals surface area (Å²) in [6.45, 7) is 15.1. The van der Waals surface area contributed by atoms with Crippen LogP contribution in [0, 0.1) is 20.8 Å². The van der Waals surface area contributed by atoms with Crippen LogP contribution in [0.2, 0.25) is 0 Å². The molecule has 7 nitrogen and oxygen atoms in total. The number of thiol groups is 1. The number of benzene rings is 1. The zero-order chi connectivity index (χ0) is 20.4. The molecule has 0 atom stereocenters. The highest BCUT2D eigenvalue weighted by Gasteiger charge is 2.26. The van der Waals surface area contributed by atoms with Crippen LogP contribution in [-0.2, 0) is 11.3 Å². The van der Waals surface area contributed by atoms with Gasteiger partial charge >= 0.3 is 6.09 Å². The second-order valence-corrected chi connectivity index (χ2v) is 8.43. The monoisotopic (exact) mass is 391 g/mol. The van der Waals surface area contributed by atoms with E-state index < -0.39 is 5.60 Å². The van der Waals surface area contributed by atoms with E-state index >= 15 is 0 Å². The van der Waals surface area contributed by atoms with E-state index in [0.717, 1.165) is 46.8 Å². The second-order valence-electron chi connectivity index (χ2n) is 7.98. The van der Waals surface area contributed by atoms with Gasteiger partial charge in [0.1, 0.15) is 5.60 Å². The van der Waals surface area contributed by atoms with E-state index in [9.17, 15) is 4.79 Å².